The van der Waals surface area contributed by atoms with E-state index in [0.717, 1.165) is 5.69 Å². The minimum absolute atomic E-state index is 0.0313. The molecule has 0 aliphatic heterocycles. The summed E-state index contributed by atoms with van der Waals surface area (Å²) in [5.41, 5.74) is 1.30. The highest BCUT2D eigenvalue weighted by molar-refractivity contribution is 5.97. The molecular formula is C17H19N3O3. The number of carbonyl (C=O) groups excluding carboxylic acids is 1. The smallest absolute Gasteiger partial charge is 0.306 e. The van der Waals surface area contributed by atoms with E-state index in [-0.39, 0.29) is 17.9 Å². The lowest BCUT2D eigenvalue weighted by Crippen LogP contribution is -2.39. The van der Waals surface area contributed by atoms with Gasteiger partial charge in [-0.1, -0.05) is 12.1 Å². The van der Waals surface area contributed by atoms with Crippen molar-refractivity contribution in [3.8, 4) is 5.69 Å². The summed E-state index contributed by atoms with van der Waals surface area (Å²) < 4.78 is 1.66. The number of carboxylic acid groups (broad SMARTS) is 1. The van der Waals surface area contributed by atoms with Crippen LogP contribution in [0.4, 0.5) is 0 Å². The normalized spacial score (nSPS) is 20.9. The molecule has 0 spiro atoms. The van der Waals surface area contributed by atoms with Crippen LogP contribution in [-0.2, 0) is 4.79 Å². The Bertz CT molecular complexity index is 689. The Labute approximate surface area is 134 Å². The molecule has 6 heteroatoms. The first-order chi connectivity index (χ1) is 11.1. The molecular weight excluding hydrogens is 294 g/mol. The maximum Gasteiger partial charge on any atom is 0.306 e. The third-order valence-corrected chi connectivity index (χ3v) is 4.31. The highest BCUT2D eigenvalue weighted by atomic mass is 16.4. The summed E-state index contributed by atoms with van der Waals surface area (Å²) in [5.74, 6) is -1.16. The van der Waals surface area contributed by atoms with Crippen LogP contribution in [0.15, 0.2) is 42.7 Å². The molecule has 1 saturated carbocycles. The van der Waals surface area contributed by atoms with Crippen LogP contribution >= 0.6 is 0 Å². The number of benzene rings is 1. The van der Waals surface area contributed by atoms with Crippen molar-refractivity contribution >= 4 is 11.9 Å². The van der Waals surface area contributed by atoms with Gasteiger partial charge < -0.3 is 10.4 Å². The van der Waals surface area contributed by atoms with Crippen LogP contribution in [0.3, 0.4) is 0 Å². The standard InChI is InChI=1S/C17H19N3O3/c21-16(19-13-8-6-12(7-9-13)17(22)23)14-4-1-2-5-15(14)20-11-3-10-18-20/h1-5,10-13H,6-9H2,(H,19,21)(H,22,23). The quantitative estimate of drug-likeness (QED) is 0.906. The summed E-state index contributed by atoms with van der Waals surface area (Å²) in [5, 5.41) is 16.2. The van der Waals surface area contributed by atoms with Gasteiger partial charge in [-0.3, -0.25) is 9.59 Å². The molecule has 0 saturated heterocycles. The van der Waals surface area contributed by atoms with E-state index < -0.39 is 5.97 Å². The summed E-state index contributed by atoms with van der Waals surface area (Å²) in [6, 6.07) is 9.15. The van der Waals surface area contributed by atoms with Crippen molar-refractivity contribution < 1.29 is 14.7 Å². The predicted molar refractivity (Wildman–Crippen MR) is 84.4 cm³/mol. The van der Waals surface area contributed by atoms with Crippen LogP contribution in [0.2, 0.25) is 0 Å². The second-order valence-electron chi connectivity index (χ2n) is 5.83. The summed E-state index contributed by atoms with van der Waals surface area (Å²) in [7, 11) is 0. The molecule has 3 rings (SSSR count). The lowest BCUT2D eigenvalue weighted by Gasteiger charge is -2.27. The van der Waals surface area contributed by atoms with E-state index in [1.165, 1.54) is 0 Å². The van der Waals surface area contributed by atoms with E-state index >= 15 is 0 Å². The Kier molecular flexibility index (Phi) is 4.41. The first-order valence-corrected chi connectivity index (χ1v) is 7.78. The van der Waals surface area contributed by atoms with E-state index in [1.807, 2.05) is 24.3 Å². The van der Waals surface area contributed by atoms with Crippen LogP contribution in [0.25, 0.3) is 5.69 Å². The lowest BCUT2D eigenvalue weighted by molar-refractivity contribution is -0.142. The van der Waals surface area contributed by atoms with Crippen molar-refractivity contribution in [3.05, 3.63) is 48.3 Å². The third kappa shape index (κ3) is 3.41. The molecule has 1 aromatic heterocycles. The van der Waals surface area contributed by atoms with E-state index in [0.29, 0.717) is 31.2 Å². The van der Waals surface area contributed by atoms with Gasteiger partial charge in [-0.05, 0) is 43.9 Å². The Morgan fingerprint density at radius 3 is 2.52 bits per heavy atom. The van der Waals surface area contributed by atoms with Gasteiger partial charge in [0.25, 0.3) is 5.91 Å². The SMILES string of the molecule is O=C(NC1CCC(C(=O)O)CC1)c1ccccc1-n1cccn1. The first-order valence-electron chi connectivity index (χ1n) is 7.78. The Balaban J connectivity index is 1.69. The van der Waals surface area contributed by atoms with Crippen molar-refractivity contribution in [2.75, 3.05) is 0 Å². The van der Waals surface area contributed by atoms with Crippen LogP contribution < -0.4 is 5.32 Å². The second-order valence-corrected chi connectivity index (χ2v) is 5.83. The zero-order valence-corrected chi connectivity index (χ0v) is 12.7. The molecule has 120 valence electrons. The van der Waals surface area contributed by atoms with Crippen LogP contribution in [0, 0.1) is 5.92 Å². The maximum atomic E-state index is 12.6. The van der Waals surface area contributed by atoms with E-state index in [1.54, 1.807) is 23.1 Å². The van der Waals surface area contributed by atoms with Crippen molar-refractivity contribution in [2.45, 2.75) is 31.7 Å². The minimum atomic E-state index is -0.737. The number of rotatable bonds is 4. The molecule has 1 amide bonds. The molecule has 0 atom stereocenters. The molecule has 1 aliphatic carbocycles. The monoisotopic (exact) mass is 313 g/mol. The first kappa shape index (κ1) is 15.3. The molecule has 1 aliphatic rings. The Morgan fingerprint density at radius 2 is 1.87 bits per heavy atom. The fourth-order valence-electron chi connectivity index (χ4n) is 3.02. The second kappa shape index (κ2) is 6.64. The van der Waals surface area contributed by atoms with Gasteiger partial charge in [0.2, 0.25) is 0 Å². The number of hydrogen-bond donors (Lipinski definition) is 2. The van der Waals surface area contributed by atoms with Crippen molar-refractivity contribution in [3.63, 3.8) is 0 Å². The molecule has 1 aromatic carbocycles. The Hall–Kier alpha value is -2.63. The van der Waals surface area contributed by atoms with E-state index in [4.69, 9.17) is 5.11 Å². The van der Waals surface area contributed by atoms with Crippen LogP contribution in [0.1, 0.15) is 36.0 Å². The van der Waals surface area contributed by atoms with E-state index in [9.17, 15) is 9.59 Å². The molecule has 1 fully saturated rings. The molecule has 0 unspecified atom stereocenters. The highest BCUT2D eigenvalue weighted by Gasteiger charge is 2.27. The molecule has 0 bridgehead atoms. The van der Waals surface area contributed by atoms with Gasteiger partial charge in [0, 0.05) is 18.4 Å². The molecule has 1 heterocycles. The lowest BCUT2D eigenvalue weighted by atomic mass is 9.86. The van der Waals surface area contributed by atoms with Gasteiger partial charge >= 0.3 is 5.97 Å². The van der Waals surface area contributed by atoms with Crippen molar-refractivity contribution in [2.24, 2.45) is 5.92 Å². The summed E-state index contributed by atoms with van der Waals surface area (Å²) in [4.78, 5) is 23.6. The van der Waals surface area contributed by atoms with Crippen molar-refractivity contribution in [1.29, 1.82) is 0 Å². The number of amides is 1. The predicted octanol–water partition coefficient (Wildman–Crippen LogP) is 2.25. The Morgan fingerprint density at radius 1 is 1.13 bits per heavy atom. The van der Waals surface area contributed by atoms with Gasteiger partial charge in [0.05, 0.1) is 17.2 Å². The summed E-state index contributed by atoms with van der Waals surface area (Å²) in [6.07, 6.45) is 6.09. The minimum Gasteiger partial charge on any atom is -0.481 e. The topological polar surface area (TPSA) is 84.2 Å². The number of carboxylic acids is 1. The third-order valence-electron chi connectivity index (χ3n) is 4.31. The average Bonchev–Trinajstić information content (AvgIpc) is 3.09. The number of aliphatic carboxylic acids is 1. The maximum absolute atomic E-state index is 12.6. The number of hydrogen-bond acceptors (Lipinski definition) is 3. The number of nitrogens with zero attached hydrogens (tertiary/aromatic N) is 2. The van der Waals surface area contributed by atoms with Crippen molar-refractivity contribution in [1.82, 2.24) is 15.1 Å². The molecule has 0 radical (unpaired) electrons. The molecule has 6 nitrogen and oxygen atoms in total. The number of para-hydroxylation sites is 1. The van der Waals surface area contributed by atoms with Crippen LogP contribution in [0.5, 0.6) is 0 Å². The van der Waals surface area contributed by atoms with Gasteiger partial charge in [-0.25, -0.2) is 4.68 Å². The molecule has 2 N–H and O–H groups in total. The summed E-state index contributed by atoms with van der Waals surface area (Å²) >= 11 is 0. The van der Waals surface area contributed by atoms with Crippen LogP contribution in [-0.4, -0.2) is 32.8 Å². The average molecular weight is 313 g/mol. The number of nitrogens with one attached hydrogen (secondary N) is 1. The number of carbonyl (C=O) groups is 2. The van der Waals surface area contributed by atoms with E-state index in [2.05, 4.69) is 10.4 Å². The summed E-state index contributed by atoms with van der Waals surface area (Å²) in [6.45, 7) is 0. The highest BCUT2D eigenvalue weighted by Crippen LogP contribution is 2.25. The van der Waals surface area contributed by atoms with Gasteiger partial charge in [-0.2, -0.15) is 5.10 Å². The zero-order chi connectivity index (χ0) is 16.2. The number of aromatic nitrogens is 2. The fourth-order valence-corrected chi connectivity index (χ4v) is 3.02. The molecule has 23 heavy (non-hydrogen) atoms. The zero-order valence-electron chi connectivity index (χ0n) is 12.7. The molecule has 2 aromatic rings. The van der Waals surface area contributed by atoms with Gasteiger partial charge in [-0.15, -0.1) is 0 Å². The van der Waals surface area contributed by atoms with Gasteiger partial charge in [0.15, 0.2) is 0 Å². The van der Waals surface area contributed by atoms with Gasteiger partial charge in [0.1, 0.15) is 0 Å². The largest absolute Gasteiger partial charge is 0.481 e. The fraction of sp³-hybridized carbons (Fsp3) is 0.353.